The molecule has 0 aromatic heterocycles. The Balaban J connectivity index is 1.62. The Morgan fingerprint density at radius 1 is 1.33 bits per heavy atom. The minimum Gasteiger partial charge on any atom is -0.387 e. The van der Waals surface area contributed by atoms with Crippen LogP contribution in [0.25, 0.3) is 0 Å². The summed E-state index contributed by atoms with van der Waals surface area (Å²) in [6, 6.07) is 8.72. The lowest BCUT2D eigenvalue weighted by Crippen LogP contribution is -2.52. The standard InChI is InChI=1S/C17H28N2OS/c1-15-5-7-16(8-6-15)21-12-4-11-19(2)14-17(20)9-3-10-18-13-17/h5-8,18,20H,3-4,9-14H2,1-2H3. The largest absolute Gasteiger partial charge is 0.387 e. The number of thioether (sulfide) groups is 1. The van der Waals surface area contributed by atoms with E-state index in [1.54, 1.807) is 0 Å². The van der Waals surface area contributed by atoms with E-state index in [0.717, 1.165) is 51.2 Å². The Kier molecular flexibility index (Phi) is 6.55. The van der Waals surface area contributed by atoms with Crippen molar-refractivity contribution in [3.05, 3.63) is 29.8 Å². The predicted molar refractivity (Wildman–Crippen MR) is 91.1 cm³/mol. The Hall–Kier alpha value is -0.550. The van der Waals surface area contributed by atoms with E-state index in [-0.39, 0.29) is 0 Å². The van der Waals surface area contributed by atoms with Gasteiger partial charge in [0, 0.05) is 18.0 Å². The summed E-state index contributed by atoms with van der Waals surface area (Å²) in [7, 11) is 2.11. The van der Waals surface area contributed by atoms with Crippen molar-refractivity contribution in [2.75, 3.05) is 39.0 Å². The molecular weight excluding hydrogens is 280 g/mol. The second-order valence-corrected chi connectivity index (χ2v) is 7.43. The van der Waals surface area contributed by atoms with Gasteiger partial charge in [-0.2, -0.15) is 0 Å². The van der Waals surface area contributed by atoms with Crippen LogP contribution in [0.15, 0.2) is 29.2 Å². The smallest absolute Gasteiger partial charge is 0.0897 e. The maximum Gasteiger partial charge on any atom is 0.0897 e. The molecule has 1 aliphatic rings. The molecule has 2 N–H and O–H groups in total. The van der Waals surface area contributed by atoms with Gasteiger partial charge in [0.25, 0.3) is 0 Å². The molecule has 1 saturated heterocycles. The zero-order chi connectivity index (χ0) is 15.1. The van der Waals surface area contributed by atoms with Gasteiger partial charge < -0.3 is 15.3 Å². The third-order valence-corrected chi connectivity index (χ3v) is 5.09. The first kappa shape index (κ1) is 16.8. The molecule has 118 valence electrons. The number of aliphatic hydroxyl groups is 1. The van der Waals surface area contributed by atoms with E-state index in [1.165, 1.54) is 10.5 Å². The molecule has 0 spiro atoms. The van der Waals surface area contributed by atoms with Crippen LogP contribution in [0.5, 0.6) is 0 Å². The van der Waals surface area contributed by atoms with Crippen molar-refractivity contribution in [1.82, 2.24) is 10.2 Å². The number of piperidine rings is 1. The minimum atomic E-state index is -0.531. The summed E-state index contributed by atoms with van der Waals surface area (Å²) in [4.78, 5) is 3.61. The maximum absolute atomic E-state index is 10.5. The second kappa shape index (κ2) is 8.18. The average Bonchev–Trinajstić information content (AvgIpc) is 2.46. The van der Waals surface area contributed by atoms with E-state index < -0.39 is 5.60 Å². The summed E-state index contributed by atoms with van der Waals surface area (Å²) in [5.41, 5.74) is 0.783. The molecule has 2 rings (SSSR count). The van der Waals surface area contributed by atoms with Gasteiger partial charge in [0.15, 0.2) is 0 Å². The van der Waals surface area contributed by atoms with E-state index in [2.05, 4.69) is 48.5 Å². The van der Waals surface area contributed by atoms with Gasteiger partial charge in [0.1, 0.15) is 0 Å². The van der Waals surface area contributed by atoms with Crippen molar-refractivity contribution in [1.29, 1.82) is 0 Å². The number of nitrogens with zero attached hydrogens (tertiary/aromatic N) is 1. The topological polar surface area (TPSA) is 35.5 Å². The van der Waals surface area contributed by atoms with E-state index in [1.807, 2.05) is 11.8 Å². The highest BCUT2D eigenvalue weighted by Crippen LogP contribution is 2.20. The van der Waals surface area contributed by atoms with E-state index in [0.29, 0.717) is 0 Å². The van der Waals surface area contributed by atoms with Crippen molar-refractivity contribution < 1.29 is 5.11 Å². The number of β-amino-alcohol motifs (C(OH)–C–C–N with tert-alkyl or cyclic N) is 1. The van der Waals surface area contributed by atoms with Gasteiger partial charge >= 0.3 is 0 Å². The molecule has 0 radical (unpaired) electrons. The molecule has 4 heteroatoms. The first-order valence-corrected chi connectivity index (χ1v) is 8.87. The van der Waals surface area contributed by atoms with Gasteiger partial charge in [-0.05, 0) is 64.2 Å². The Labute approximate surface area is 133 Å². The quantitative estimate of drug-likeness (QED) is 0.599. The number of nitrogens with one attached hydrogen (secondary N) is 1. The lowest BCUT2D eigenvalue weighted by atomic mass is 9.94. The van der Waals surface area contributed by atoms with Gasteiger partial charge in [-0.1, -0.05) is 17.7 Å². The second-order valence-electron chi connectivity index (χ2n) is 6.26. The molecule has 1 heterocycles. The molecule has 1 aromatic carbocycles. The van der Waals surface area contributed by atoms with Gasteiger partial charge in [-0.15, -0.1) is 11.8 Å². The lowest BCUT2D eigenvalue weighted by Gasteiger charge is -2.36. The molecule has 1 aromatic rings. The number of aryl methyl sites for hydroxylation is 1. The summed E-state index contributed by atoms with van der Waals surface area (Å²) >= 11 is 1.91. The summed E-state index contributed by atoms with van der Waals surface area (Å²) in [6.07, 6.45) is 3.15. The van der Waals surface area contributed by atoms with Crippen LogP contribution in [0.4, 0.5) is 0 Å². The minimum absolute atomic E-state index is 0.531. The zero-order valence-corrected chi connectivity index (χ0v) is 14.1. The van der Waals surface area contributed by atoms with Crippen LogP contribution in [0.3, 0.4) is 0 Å². The third kappa shape index (κ3) is 5.99. The van der Waals surface area contributed by atoms with Gasteiger partial charge in [-0.25, -0.2) is 0 Å². The highest BCUT2D eigenvalue weighted by atomic mass is 32.2. The van der Waals surface area contributed by atoms with Crippen LogP contribution < -0.4 is 5.32 Å². The molecule has 0 amide bonds. The number of rotatable bonds is 7. The third-order valence-electron chi connectivity index (χ3n) is 3.99. The number of benzene rings is 1. The fraction of sp³-hybridized carbons (Fsp3) is 0.647. The van der Waals surface area contributed by atoms with Crippen LogP contribution in [0.1, 0.15) is 24.8 Å². The molecule has 1 aliphatic heterocycles. The van der Waals surface area contributed by atoms with Crippen LogP contribution in [0.2, 0.25) is 0 Å². The normalized spacial score (nSPS) is 22.7. The van der Waals surface area contributed by atoms with Gasteiger partial charge in [-0.3, -0.25) is 0 Å². The van der Waals surface area contributed by atoms with Crippen LogP contribution >= 0.6 is 11.8 Å². The van der Waals surface area contributed by atoms with Gasteiger partial charge in [0.05, 0.1) is 5.60 Å². The van der Waals surface area contributed by atoms with Crippen molar-refractivity contribution in [3.63, 3.8) is 0 Å². The predicted octanol–water partition coefficient (Wildman–Crippen LogP) is 2.52. The van der Waals surface area contributed by atoms with Crippen LogP contribution in [-0.2, 0) is 0 Å². The average molecular weight is 308 g/mol. The lowest BCUT2D eigenvalue weighted by molar-refractivity contribution is -0.00947. The summed E-state index contributed by atoms with van der Waals surface area (Å²) < 4.78 is 0. The SMILES string of the molecule is Cc1ccc(SCCCN(C)CC2(O)CCCNC2)cc1. The fourth-order valence-corrected chi connectivity index (χ4v) is 3.67. The van der Waals surface area contributed by atoms with E-state index in [4.69, 9.17) is 0 Å². The first-order valence-electron chi connectivity index (χ1n) is 7.89. The van der Waals surface area contributed by atoms with Crippen molar-refractivity contribution in [3.8, 4) is 0 Å². The molecular formula is C17H28N2OS. The molecule has 1 fully saturated rings. The summed E-state index contributed by atoms with van der Waals surface area (Å²) in [5, 5.41) is 13.8. The molecule has 0 aliphatic carbocycles. The van der Waals surface area contributed by atoms with Crippen molar-refractivity contribution in [2.24, 2.45) is 0 Å². The zero-order valence-electron chi connectivity index (χ0n) is 13.3. The highest BCUT2D eigenvalue weighted by Gasteiger charge is 2.30. The maximum atomic E-state index is 10.5. The molecule has 1 unspecified atom stereocenters. The molecule has 1 atom stereocenters. The molecule has 21 heavy (non-hydrogen) atoms. The molecule has 0 saturated carbocycles. The van der Waals surface area contributed by atoms with Gasteiger partial charge in [0.2, 0.25) is 0 Å². The van der Waals surface area contributed by atoms with Crippen molar-refractivity contribution in [2.45, 2.75) is 36.7 Å². The van der Waals surface area contributed by atoms with Crippen LogP contribution in [-0.4, -0.2) is 54.6 Å². The Bertz CT molecular complexity index is 415. The summed E-state index contributed by atoms with van der Waals surface area (Å²) in [6.45, 7) is 5.71. The monoisotopic (exact) mass is 308 g/mol. The summed E-state index contributed by atoms with van der Waals surface area (Å²) in [5.74, 6) is 1.13. The molecule has 3 nitrogen and oxygen atoms in total. The number of hydrogen-bond acceptors (Lipinski definition) is 4. The van der Waals surface area contributed by atoms with Crippen LogP contribution in [0, 0.1) is 6.92 Å². The number of likely N-dealkylation sites (N-methyl/N-ethyl adjacent to an activating group) is 1. The van der Waals surface area contributed by atoms with E-state index >= 15 is 0 Å². The fourth-order valence-electron chi connectivity index (χ4n) is 2.83. The first-order chi connectivity index (χ1) is 10.1. The Morgan fingerprint density at radius 3 is 2.76 bits per heavy atom. The molecule has 0 bridgehead atoms. The highest BCUT2D eigenvalue weighted by molar-refractivity contribution is 7.99. The van der Waals surface area contributed by atoms with E-state index in [9.17, 15) is 5.11 Å². The van der Waals surface area contributed by atoms with Crippen molar-refractivity contribution >= 4 is 11.8 Å². The Morgan fingerprint density at radius 2 is 2.10 bits per heavy atom. The number of hydrogen-bond donors (Lipinski definition) is 2.